The second kappa shape index (κ2) is 20.7. The standard InChI is InChI=1S/2C32H52O4/c2*1-7-35-28(33)27-32(29(34)36-27)18-17-30(5)22(19-32)11-12-23-25-14-13-24(21(4)10-8-9-20(2)3)31(25,6)16-15-26(23)30/h2*20-27H,7-19H2,1-6H3/t21-,22+,23+,24-,25+,26+,27+,30+,31-,32-;21-,22+,23+,24-,25+,26+,27-,30+,31-,32-/m11/s1. The molecule has 2 spiro atoms. The van der Waals surface area contributed by atoms with Crippen LogP contribution in [0.25, 0.3) is 0 Å². The molecule has 0 N–H and O–H groups in total. The lowest BCUT2D eigenvalue weighted by molar-refractivity contribution is -0.236. The monoisotopic (exact) mass is 1000 g/mol. The summed E-state index contributed by atoms with van der Waals surface area (Å²) in [6, 6.07) is 0. The topological polar surface area (TPSA) is 105 Å². The van der Waals surface area contributed by atoms with Gasteiger partial charge in [-0.05, 0) is 234 Å². The molecular weight excluding hydrogens is 897 g/mol. The third-order valence-corrected chi connectivity index (χ3v) is 25.2. The van der Waals surface area contributed by atoms with Gasteiger partial charge in [0.2, 0.25) is 12.2 Å². The zero-order valence-corrected chi connectivity index (χ0v) is 47.9. The second-order valence-corrected chi connectivity index (χ2v) is 29.2. The van der Waals surface area contributed by atoms with E-state index in [9.17, 15) is 19.2 Å². The molecule has 72 heavy (non-hydrogen) atoms. The number of cyclic esters (lactones) is 2. The number of hydrogen-bond acceptors (Lipinski definition) is 8. The van der Waals surface area contributed by atoms with E-state index >= 15 is 0 Å². The van der Waals surface area contributed by atoms with Gasteiger partial charge in [-0.1, -0.05) is 108 Å². The number of fused-ring (bicyclic) bond motifs is 10. The zero-order chi connectivity index (χ0) is 51.8. The molecule has 8 heteroatoms. The Kier molecular flexibility index (Phi) is 15.7. The predicted molar refractivity (Wildman–Crippen MR) is 284 cm³/mol. The molecule has 0 aromatic heterocycles. The molecule has 10 aliphatic rings. The first-order valence-electron chi connectivity index (χ1n) is 30.9. The molecule has 8 aliphatic carbocycles. The normalized spacial score (nSPS) is 46.4. The lowest BCUT2D eigenvalue weighted by atomic mass is 9.42. The van der Waals surface area contributed by atoms with Gasteiger partial charge in [0.25, 0.3) is 0 Å². The number of carbonyl (C=O) groups is 4. The van der Waals surface area contributed by atoms with Crippen LogP contribution in [0.5, 0.6) is 0 Å². The summed E-state index contributed by atoms with van der Waals surface area (Å²) in [5.41, 5.74) is 0.401. The number of hydrogen-bond donors (Lipinski definition) is 0. The summed E-state index contributed by atoms with van der Waals surface area (Å²) in [5, 5.41) is 0. The maximum Gasteiger partial charge on any atom is 0.348 e. The van der Waals surface area contributed by atoms with Crippen molar-refractivity contribution in [1.82, 2.24) is 0 Å². The van der Waals surface area contributed by atoms with Crippen molar-refractivity contribution in [1.29, 1.82) is 0 Å². The van der Waals surface area contributed by atoms with Crippen molar-refractivity contribution >= 4 is 23.9 Å². The molecule has 2 heterocycles. The first-order chi connectivity index (χ1) is 34.1. The van der Waals surface area contributed by atoms with Gasteiger partial charge in [0.15, 0.2) is 0 Å². The van der Waals surface area contributed by atoms with Gasteiger partial charge in [0.1, 0.15) is 10.8 Å². The fraction of sp³-hybridized carbons (Fsp3) is 0.938. The second-order valence-electron chi connectivity index (χ2n) is 29.2. The van der Waals surface area contributed by atoms with Gasteiger partial charge < -0.3 is 18.9 Å². The van der Waals surface area contributed by atoms with E-state index in [1.807, 2.05) is 13.8 Å². The summed E-state index contributed by atoms with van der Waals surface area (Å²) in [4.78, 5) is 50.6. The Bertz CT molecular complexity index is 1840. The van der Waals surface area contributed by atoms with Crippen LogP contribution in [0.15, 0.2) is 0 Å². The first kappa shape index (κ1) is 54.7. The molecule has 8 nitrogen and oxygen atoms in total. The number of carbonyl (C=O) groups excluding carboxylic acids is 4. The molecule has 0 bridgehead atoms. The fourth-order valence-electron chi connectivity index (χ4n) is 21.2. The van der Waals surface area contributed by atoms with E-state index in [2.05, 4.69) is 69.2 Å². The van der Waals surface area contributed by atoms with Crippen LogP contribution in [0, 0.1) is 115 Å². The molecule has 10 fully saturated rings. The Morgan fingerprint density at radius 3 is 1.21 bits per heavy atom. The molecule has 408 valence electrons. The van der Waals surface area contributed by atoms with Crippen LogP contribution in [-0.4, -0.2) is 49.3 Å². The number of ether oxygens (including phenoxy) is 4. The molecule has 0 radical (unpaired) electrons. The van der Waals surface area contributed by atoms with Crippen LogP contribution in [0.2, 0.25) is 0 Å². The van der Waals surface area contributed by atoms with Crippen LogP contribution >= 0.6 is 0 Å². The molecular formula is C64H104O8. The molecule has 10 rings (SSSR count). The minimum atomic E-state index is -0.672. The van der Waals surface area contributed by atoms with Crippen molar-refractivity contribution in [2.45, 2.75) is 249 Å². The third-order valence-electron chi connectivity index (χ3n) is 25.2. The van der Waals surface area contributed by atoms with Gasteiger partial charge in [-0.15, -0.1) is 0 Å². The maximum absolute atomic E-state index is 12.8. The minimum absolute atomic E-state index is 0.147. The van der Waals surface area contributed by atoms with E-state index in [1.165, 1.54) is 116 Å². The molecule has 0 aromatic rings. The van der Waals surface area contributed by atoms with E-state index < -0.39 is 23.0 Å². The van der Waals surface area contributed by atoms with Gasteiger partial charge in [-0.25, -0.2) is 9.59 Å². The number of esters is 4. The lowest BCUT2D eigenvalue weighted by Crippen LogP contribution is -2.65. The van der Waals surface area contributed by atoms with Gasteiger partial charge in [-0.2, -0.15) is 0 Å². The Balaban J connectivity index is 0.000000178. The lowest BCUT2D eigenvalue weighted by Gasteiger charge is -2.64. The molecule has 2 aliphatic heterocycles. The highest BCUT2D eigenvalue weighted by molar-refractivity contribution is 5.95. The van der Waals surface area contributed by atoms with Gasteiger partial charge in [-0.3, -0.25) is 9.59 Å². The third kappa shape index (κ3) is 8.98. The first-order valence-corrected chi connectivity index (χ1v) is 30.9. The highest BCUT2D eigenvalue weighted by atomic mass is 16.6. The number of rotatable bonds is 14. The Labute approximate surface area is 438 Å². The molecule has 8 saturated carbocycles. The quantitative estimate of drug-likeness (QED) is 0.125. The van der Waals surface area contributed by atoms with E-state index in [0.717, 1.165) is 110 Å². The minimum Gasteiger partial charge on any atom is -0.463 e. The molecule has 2 saturated heterocycles. The molecule has 20 atom stereocenters. The summed E-state index contributed by atoms with van der Waals surface area (Å²) in [5.74, 6) is 10.2. The predicted octanol–water partition coefficient (Wildman–Crippen LogP) is 15.2. The Morgan fingerprint density at radius 1 is 0.486 bits per heavy atom. The summed E-state index contributed by atoms with van der Waals surface area (Å²) >= 11 is 0. The zero-order valence-electron chi connectivity index (χ0n) is 47.9. The molecule has 0 amide bonds. The van der Waals surface area contributed by atoms with Crippen molar-refractivity contribution in [2.75, 3.05) is 13.2 Å². The maximum atomic E-state index is 12.8. The summed E-state index contributed by atoms with van der Waals surface area (Å²) < 4.78 is 21.3. The van der Waals surface area contributed by atoms with Crippen molar-refractivity contribution in [2.24, 2.45) is 115 Å². The van der Waals surface area contributed by atoms with E-state index in [4.69, 9.17) is 18.9 Å². The van der Waals surface area contributed by atoms with Crippen LogP contribution in [0.1, 0.15) is 237 Å². The van der Waals surface area contributed by atoms with E-state index in [-0.39, 0.29) is 23.9 Å². The van der Waals surface area contributed by atoms with Gasteiger partial charge in [0, 0.05) is 0 Å². The van der Waals surface area contributed by atoms with Crippen molar-refractivity contribution in [3.05, 3.63) is 0 Å². The van der Waals surface area contributed by atoms with Crippen LogP contribution in [0.4, 0.5) is 0 Å². The Morgan fingerprint density at radius 2 is 0.861 bits per heavy atom. The van der Waals surface area contributed by atoms with Crippen LogP contribution in [-0.2, 0) is 38.1 Å². The summed E-state index contributed by atoms with van der Waals surface area (Å²) in [7, 11) is 0. The largest absolute Gasteiger partial charge is 0.463 e. The molecule has 0 aromatic carbocycles. The summed E-state index contributed by atoms with van der Waals surface area (Å²) in [6.07, 6.45) is 28.6. The van der Waals surface area contributed by atoms with E-state index in [1.54, 1.807) is 0 Å². The fourth-order valence-corrected chi connectivity index (χ4v) is 21.2. The van der Waals surface area contributed by atoms with Crippen molar-refractivity contribution in [3.63, 3.8) is 0 Å². The average Bonchev–Trinajstić information content (AvgIpc) is 3.88. The SMILES string of the molecule is CCOC(=O)[C@@H]1OC(=O)[C@@]12CC[C@@]1(C)[C@@H](CC[C@@H]3[C@@H]1CC[C@]1(C)[C@@H]([C@H](C)CCCC(C)C)CC[C@@H]31)C2.CCOC(=O)[C@H]1OC(=O)[C@@]12CC[C@@]1(C)[C@@H](CC[C@@H]3[C@@H]1CC[C@]1(C)[C@@H]([C@H](C)CCCC(C)C)CC[C@@H]31)C2. The van der Waals surface area contributed by atoms with Crippen LogP contribution in [0.3, 0.4) is 0 Å². The highest BCUT2D eigenvalue weighted by Gasteiger charge is 2.71. The van der Waals surface area contributed by atoms with Gasteiger partial charge in [0.05, 0.1) is 13.2 Å². The van der Waals surface area contributed by atoms with Crippen LogP contribution < -0.4 is 0 Å². The smallest absolute Gasteiger partial charge is 0.348 e. The van der Waals surface area contributed by atoms with Crippen molar-refractivity contribution in [3.8, 4) is 0 Å². The van der Waals surface area contributed by atoms with E-state index in [0.29, 0.717) is 46.7 Å². The van der Waals surface area contributed by atoms with Crippen molar-refractivity contribution < 1.29 is 38.1 Å². The van der Waals surface area contributed by atoms with Gasteiger partial charge >= 0.3 is 23.9 Å². The Hall–Kier alpha value is -2.12. The highest BCUT2D eigenvalue weighted by Crippen LogP contribution is 2.73. The summed E-state index contributed by atoms with van der Waals surface area (Å²) in [6.45, 7) is 29.3. The molecule has 0 unspecified atom stereocenters. The average molecular weight is 1000 g/mol.